The average molecular weight is 487 g/mol. The number of hydrogen-bond donors (Lipinski definition) is 1. The Kier molecular flexibility index (Phi) is 6.42. The molecule has 158 valence electrons. The maximum atomic E-state index is 12.7. The zero-order chi connectivity index (χ0) is 22.5. The van der Waals surface area contributed by atoms with Gasteiger partial charge in [-0.05, 0) is 64.0 Å². The summed E-state index contributed by atoms with van der Waals surface area (Å²) >= 11 is 3.36. The number of nitrogens with zero attached hydrogens (tertiary/aromatic N) is 1. The number of fused-ring (bicyclic) bond motifs is 1. The number of halogens is 1. The van der Waals surface area contributed by atoms with Crippen molar-refractivity contribution >= 4 is 44.8 Å². The third-order valence-electron chi connectivity index (χ3n) is 4.90. The summed E-state index contributed by atoms with van der Waals surface area (Å²) in [5, 5.41) is 5.93. The number of ether oxygens (including phenoxy) is 1. The predicted octanol–water partition coefficient (Wildman–Crippen LogP) is 5.89. The molecule has 4 aromatic rings. The van der Waals surface area contributed by atoms with Crippen molar-refractivity contribution < 1.29 is 14.3 Å². The van der Waals surface area contributed by atoms with E-state index in [-0.39, 0.29) is 5.91 Å². The summed E-state index contributed by atoms with van der Waals surface area (Å²) in [5.74, 6) is -0.465. The lowest BCUT2D eigenvalue weighted by Gasteiger charge is -2.11. The van der Waals surface area contributed by atoms with Crippen molar-refractivity contribution in [2.75, 3.05) is 0 Å². The van der Waals surface area contributed by atoms with Crippen molar-refractivity contribution in [3.05, 3.63) is 112 Å². The molecular weight excluding hydrogens is 468 g/mol. The van der Waals surface area contributed by atoms with Crippen LogP contribution in [0.3, 0.4) is 0 Å². The van der Waals surface area contributed by atoms with Gasteiger partial charge in [-0.1, -0.05) is 60.2 Å². The van der Waals surface area contributed by atoms with Crippen LogP contribution in [0.4, 0.5) is 0 Å². The van der Waals surface area contributed by atoms with Gasteiger partial charge in [-0.2, -0.15) is 5.10 Å². The van der Waals surface area contributed by atoms with E-state index in [0.717, 1.165) is 16.3 Å². The standard InChI is InChI=1S/C26H19BrN2O3/c1-17-10-12-19(13-11-17)26(31)32-24-15-14-18-6-2-3-7-20(18)22(24)16-28-29-25(30)21-8-4-5-9-23(21)27/h2-16H,1H3,(H,29,30). The first-order valence-corrected chi connectivity index (χ1v) is 10.7. The number of hydrazone groups is 1. The Balaban J connectivity index is 1.63. The fourth-order valence-corrected chi connectivity index (χ4v) is 3.67. The van der Waals surface area contributed by atoms with E-state index < -0.39 is 5.97 Å². The van der Waals surface area contributed by atoms with Gasteiger partial charge in [0.1, 0.15) is 5.75 Å². The Hall–Kier alpha value is -3.77. The molecule has 0 saturated carbocycles. The van der Waals surface area contributed by atoms with Gasteiger partial charge in [0.2, 0.25) is 0 Å². The molecule has 1 N–H and O–H groups in total. The van der Waals surface area contributed by atoms with E-state index in [4.69, 9.17) is 4.74 Å². The van der Waals surface area contributed by atoms with Gasteiger partial charge in [0, 0.05) is 10.0 Å². The van der Waals surface area contributed by atoms with Crippen molar-refractivity contribution in [1.29, 1.82) is 0 Å². The lowest BCUT2D eigenvalue weighted by atomic mass is 10.0. The van der Waals surface area contributed by atoms with Crippen LogP contribution in [-0.2, 0) is 0 Å². The molecule has 4 aromatic carbocycles. The highest BCUT2D eigenvalue weighted by Gasteiger charge is 2.14. The van der Waals surface area contributed by atoms with Gasteiger partial charge in [-0.25, -0.2) is 10.2 Å². The van der Waals surface area contributed by atoms with Crippen LogP contribution in [0.1, 0.15) is 31.8 Å². The Labute approximate surface area is 193 Å². The van der Waals surface area contributed by atoms with Crippen LogP contribution in [0, 0.1) is 6.92 Å². The first-order valence-electron chi connectivity index (χ1n) is 9.91. The van der Waals surface area contributed by atoms with Gasteiger partial charge in [0.15, 0.2) is 0 Å². The van der Waals surface area contributed by atoms with Crippen molar-refractivity contribution in [1.82, 2.24) is 5.43 Å². The number of carbonyl (C=O) groups is 2. The van der Waals surface area contributed by atoms with Gasteiger partial charge < -0.3 is 4.74 Å². The van der Waals surface area contributed by atoms with Crippen molar-refractivity contribution in [2.24, 2.45) is 5.10 Å². The minimum absolute atomic E-state index is 0.354. The molecule has 0 radical (unpaired) electrons. The van der Waals surface area contributed by atoms with Gasteiger partial charge in [-0.15, -0.1) is 0 Å². The molecule has 0 spiro atoms. The van der Waals surface area contributed by atoms with Crippen LogP contribution in [0.15, 0.2) is 94.5 Å². The summed E-state index contributed by atoms with van der Waals surface area (Å²) in [5.41, 5.74) is 5.10. The SMILES string of the molecule is Cc1ccc(C(=O)Oc2ccc3ccccc3c2C=NNC(=O)c2ccccc2Br)cc1. The average Bonchev–Trinajstić information content (AvgIpc) is 2.80. The second kappa shape index (κ2) is 9.58. The third kappa shape index (κ3) is 4.76. The summed E-state index contributed by atoms with van der Waals surface area (Å²) in [7, 11) is 0. The number of benzene rings is 4. The van der Waals surface area contributed by atoms with Crippen molar-refractivity contribution in [2.45, 2.75) is 6.92 Å². The van der Waals surface area contributed by atoms with Crippen molar-refractivity contribution in [3.8, 4) is 5.75 Å². The molecule has 0 fully saturated rings. The van der Waals surface area contributed by atoms with Crippen LogP contribution >= 0.6 is 15.9 Å². The molecule has 1 amide bonds. The lowest BCUT2D eigenvalue weighted by molar-refractivity contribution is 0.0734. The molecule has 5 nitrogen and oxygen atoms in total. The highest BCUT2D eigenvalue weighted by atomic mass is 79.9. The smallest absolute Gasteiger partial charge is 0.343 e. The zero-order valence-electron chi connectivity index (χ0n) is 17.2. The highest BCUT2D eigenvalue weighted by Crippen LogP contribution is 2.27. The first-order chi connectivity index (χ1) is 15.5. The fourth-order valence-electron chi connectivity index (χ4n) is 3.21. The summed E-state index contributed by atoms with van der Waals surface area (Å²) in [6, 6.07) is 25.5. The second-order valence-electron chi connectivity index (χ2n) is 7.13. The molecular formula is C26H19BrN2O3. The maximum absolute atomic E-state index is 12.7. The molecule has 0 bridgehead atoms. The summed E-state index contributed by atoms with van der Waals surface area (Å²) < 4.78 is 6.36. The van der Waals surface area contributed by atoms with Crippen LogP contribution in [0.5, 0.6) is 5.75 Å². The highest BCUT2D eigenvalue weighted by molar-refractivity contribution is 9.10. The Morgan fingerprint density at radius 1 is 0.906 bits per heavy atom. The van der Waals surface area contributed by atoms with Gasteiger partial charge in [0.05, 0.1) is 17.3 Å². The quantitative estimate of drug-likeness (QED) is 0.165. The van der Waals surface area contributed by atoms with E-state index in [1.807, 2.05) is 55.5 Å². The third-order valence-corrected chi connectivity index (χ3v) is 5.59. The van der Waals surface area contributed by atoms with E-state index in [9.17, 15) is 9.59 Å². The number of hydrogen-bond acceptors (Lipinski definition) is 4. The van der Waals surface area contributed by atoms with Crippen LogP contribution < -0.4 is 10.2 Å². The Morgan fingerprint density at radius 3 is 2.41 bits per heavy atom. The number of amides is 1. The molecule has 0 aliphatic heterocycles. The normalized spacial score (nSPS) is 10.9. The molecule has 0 aromatic heterocycles. The van der Waals surface area contributed by atoms with Gasteiger partial charge in [0.25, 0.3) is 5.91 Å². The minimum Gasteiger partial charge on any atom is -0.422 e. The number of aryl methyl sites for hydroxylation is 1. The van der Waals surface area contributed by atoms with E-state index in [2.05, 4.69) is 26.5 Å². The molecule has 0 saturated heterocycles. The molecule has 0 aliphatic rings. The summed E-state index contributed by atoms with van der Waals surface area (Å²) in [6.07, 6.45) is 1.49. The van der Waals surface area contributed by atoms with Gasteiger partial charge in [-0.3, -0.25) is 4.79 Å². The number of rotatable bonds is 5. The summed E-state index contributed by atoms with van der Waals surface area (Å²) in [6.45, 7) is 1.95. The van der Waals surface area contributed by atoms with Crippen LogP contribution in [-0.4, -0.2) is 18.1 Å². The van der Waals surface area contributed by atoms with Crippen LogP contribution in [0.25, 0.3) is 10.8 Å². The van der Waals surface area contributed by atoms with E-state index in [1.165, 1.54) is 6.21 Å². The van der Waals surface area contributed by atoms with Crippen molar-refractivity contribution in [3.63, 3.8) is 0 Å². The largest absolute Gasteiger partial charge is 0.422 e. The number of carbonyl (C=O) groups excluding carboxylic acids is 2. The monoisotopic (exact) mass is 486 g/mol. The Bertz CT molecular complexity index is 1330. The molecule has 0 unspecified atom stereocenters. The molecule has 0 heterocycles. The molecule has 32 heavy (non-hydrogen) atoms. The maximum Gasteiger partial charge on any atom is 0.343 e. The molecule has 6 heteroatoms. The molecule has 0 aliphatic carbocycles. The molecule has 4 rings (SSSR count). The minimum atomic E-state index is -0.466. The number of nitrogens with one attached hydrogen (secondary N) is 1. The van der Waals surface area contributed by atoms with E-state index in [0.29, 0.717) is 26.9 Å². The zero-order valence-corrected chi connectivity index (χ0v) is 18.8. The Morgan fingerprint density at radius 2 is 1.62 bits per heavy atom. The van der Waals surface area contributed by atoms with Gasteiger partial charge >= 0.3 is 5.97 Å². The van der Waals surface area contributed by atoms with E-state index >= 15 is 0 Å². The lowest BCUT2D eigenvalue weighted by Crippen LogP contribution is -2.18. The van der Waals surface area contributed by atoms with Crippen LogP contribution in [0.2, 0.25) is 0 Å². The van der Waals surface area contributed by atoms with E-state index in [1.54, 1.807) is 36.4 Å². The summed E-state index contributed by atoms with van der Waals surface area (Å²) in [4.78, 5) is 25.1. The topological polar surface area (TPSA) is 67.8 Å². The number of esters is 1. The molecule has 0 atom stereocenters. The first kappa shape index (κ1) is 21.5. The second-order valence-corrected chi connectivity index (χ2v) is 7.99. The fraction of sp³-hybridized carbons (Fsp3) is 0.0385. The predicted molar refractivity (Wildman–Crippen MR) is 129 cm³/mol.